The molecular weight excluding hydrogens is 356 g/mol. The number of nitrogens with one attached hydrogen (secondary N) is 2. The lowest BCUT2D eigenvalue weighted by atomic mass is 10.2. The van der Waals surface area contributed by atoms with Gasteiger partial charge < -0.3 is 15.4 Å². The number of amides is 3. The largest absolute Gasteiger partial charge is 0.456 e. The molecule has 2 aromatic carbocycles. The van der Waals surface area contributed by atoms with E-state index < -0.39 is 0 Å². The molecule has 3 aromatic rings. The van der Waals surface area contributed by atoms with Gasteiger partial charge in [0, 0.05) is 36.2 Å². The first-order valence-corrected chi connectivity index (χ1v) is 8.84. The Labute approximate surface area is 162 Å². The van der Waals surface area contributed by atoms with E-state index in [1.165, 1.54) is 0 Å². The van der Waals surface area contributed by atoms with Crippen LogP contribution in [0.4, 0.5) is 16.2 Å². The molecule has 28 heavy (non-hydrogen) atoms. The molecular formula is C21H18N4O3. The summed E-state index contributed by atoms with van der Waals surface area (Å²) < 4.78 is 5.68. The van der Waals surface area contributed by atoms with Crippen molar-refractivity contribution in [3.63, 3.8) is 0 Å². The Hall–Kier alpha value is -3.87. The van der Waals surface area contributed by atoms with Gasteiger partial charge in [-0.15, -0.1) is 0 Å². The van der Waals surface area contributed by atoms with Gasteiger partial charge in [-0.25, -0.2) is 4.79 Å². The second kappa shape index (κ2) is 7.79. The van der Waals surface area contributed by atoms with Crippen molar-refractivity contribution in [2.24, 2.45) is 0 Å². The summed E-state index contributed by atoms with van der Waals surface area (Å²) in [4.78, 5) is 30.0. The molecule has 0 saturated carbocycles. The second-order valence-electron chi connectivity index (χ2n) is 6.20. The fourth-order valence-electron chi connectivity index (χ4n) is 2.89. The first-order chi connectivity index (χ1) is 13.7. The molecule has 7 heteroatoms. The van der Waals surface area contributed by atoms with Crippen molar-refractivity contribution in [3.05, 3.63) is 78.6 Å². The van der Waals surface area contributed by atoms with Gasteiger partial charge in [0.15, 0.2) is 0 Å². The lowest BCUT2D eigenvalue weighted by Crippen LogP contribution is -2.27. The number of aromatic nitrogens is 1. The maximum absolute atomic E-state index is 12.5. The van der Waals surface area contributed by atoms with Crippen LogP contribution in [0.5, 0.6) is 11.5 Å². The van der Waals surface area contributed by atoms with Gasteiger partial charge in [0.2, 0.25) is 0 Å². The summed E-state index contributed by atoms with van der Waals surface area (Å²) in [7, 11) is 0. The summed E-state index contributed by atoms with van der Waals surface area (Å²) in [6.07, 6.45) is 3.29. The molecule has 0 radical (unpaired) electrons. The Balaban J connectivity index is 1.43. The van der Waals surface area contributed by atoms with E-state index in [9.17, 15) is 9.59 Å². The number of carbonyl (C=O) groups is 2. The molecule has 0 aliphatic carbocycles. The van der Waals surface area contributed by atoms with Crippen molar-refractivity contribution in [2.75, 3.05) is 23.3 Å². The van der Waals surface area contributed by atoms with E-state index in [0.29, 0.717) is 35.8 Å². The van der Waals surface area contributed by atoms with Crippen LogP contribution in [0.15, 0.2) is 73.1 Å². The van der Waals surface area contributed by atoms with Crippen molar-refractivity contribution >= 4 is 23.3 Å². The average Bonchev–Trinajstić information content (AvgIpc) is 3.15. The molecule has 0 spiro atoms. The third-order valence-electron chi connectivity index (χ3n) is 4.26. The zero-order valence-electron chi connectivity index (χ0n) is 15.0. The standard InChI is InChI=1S/C21H18N4O3/c26-20(15-6-8-18(9-7-15)28-19-5-2-10-22-14-19)24-16-3-1-4-17(13-16)25-12-11-23-21(25)27/h1-10,13-14H,11-12H2,(H,23,27)(H,24,26). The van der Waals surface area contributed by atoms with Gasteiger partial charge in [-0.1, -0.05) is 6.07 Å². The molecule has 140 valence electrons. The quantitative estimate of drug-likeness (QED) is 0.714. The Morgan fingerprint density at radius 2 is 1.93 bits per heavy atom. The van der Waals surface area contributed by atoms with E-state index in [4.69, 9.17) is 4.74 Å². The normalized spacial score (nSPS) is 13.1. The van der Waals surface area contributed by atoms with Gasteiger partial charge in [-0.05, 0) is 54.6 Å². The van der Waals surface area contributed by atoms with Crippen LogP contribution in [0.25, 0.3) is 0 Å². The molecule has 1 aliphatic rings. The number of rotatable bonds is 5. The molecule has 2 heterocycles. The molecule has 1 aromatic heterocycles. The SMILES string of the molecule is O=C(Nc1cccc(N2CCNC2=O)c1)c1ccc(Oc2cccnc2)cc1. The third-order valence-corrected chi connectivity index (χ3v) is 4.26. The number of benzene rings is 2. The van der Waals surface area contributed by atoms with Crippen LogP contribution in [-0.2, 0) is 0 Å². The number of urea groups is 1. The minimum Gasteiger partial charge on any atom is -0.456 e. The number of hydrogen-bond donors (Lipinski definition) is 2. The van der Waals surface area contributed by atoms with E-state index >= 15 is 0 Å². The Morgan fingerprint density at radius 3 is 2.64 bits per heavy atom. The highest BCUT2D eigenvalue weighted by Crippen LogP contribution is 2.23. The van der Waals surface area contributed by atoms with Gasteiger partial charge >= 0.3 is 6.03 Å². The minimum absolute atomic E-state index is 0.132. The maximum atomic E-state index is 12.5. The van der Waals surface area contributed by atoms with E-state index in [-0.39, 0.29) is 11.9 Å². The third kappa shape index (κ3) is 3.93. The molecule has 3 amide bonds. The molecule has 1 saturated heterocycles. The highest BCUT2D eigenvalue weighted by Gasteiger charge is 2.21. The molecule has 0 atom stereocenters. The number of anilines is 2. The molecule has 0 unspecified atom stereocenters. The number of nitrogens with zero attached hydrogens (tertiary/aromatic N) is 2. The van der Waals surface area contributed by atoms with E-state index in [0.717, 1.165) is 5.69 Å². The van der Waals surface area contributed by atoms with E-state index in [2.05, 4.69) is 15.6 Å². The van der Waals surface area contributed by atoms with Crippen molar-refractivity contribution in [1.29, 1.82) is 0 Å². The highest BCUT2D eigenvalue weighted by atomic mass is 16.5. The summed E-state index contributed by atoms with van der Waals surface area (Å²) in [5.41, 5.74) is 1.87. The van der Waals surface area contributed by atoms with Crippen LogP contribution in [0, 0.1) is 0 Å². The first kappa shape index (κ1) is 17.5. The maximum Gasteiger partial charge on any atom is 0.321 e. The lowest BCUT2D eigenvalue weighted by molar-refractivity contribution is 0.102. The predicted octanol–water partition coefficient (Wildman–Crippen LogP) is 3.66. The zero-order valence-corrected chi connectivity index (χ0v) is 15.0. The van der Waals surface area contributed by atoms with Crippen LogP contribution in [-0.4, -0.2) is 30.0 Å². The van der Waals surface area contributed by atoms with Crippen LogP contribution in [0.3, 0.4) is 0 Å². The molecule has 7 nitrogen and oxygen atoms in total. The topological polar surface area (TPSA) is 83.6 Å². The highest BCUT2D eigenvalue weighted by molar-refractivity contribution is 6.05. The fraction of sp³-hybridized carbons (Fsp3) is 0.0952. The number of pyridine rings is 1. The van der Waals surface area contributed by atoms with Gasteiger partial charge in [0.1, 0.15) is 11.5 Å². The summed E-state index contributed by atoms with van der Waals surface area (Å²) in [6, 6.07) is 17.5. The second-order valence-corrected chi connectivity index (χ2v) is 6.20. The molecule has 2 N–H and O–H groups in total. The van der Waals surface area contributed by atoms with Crippen molar-refractivity contribution in [1.82, 2.24) is 10.3 Å². The smallest absolute Gasteiger partial charge is 0.321 e. The average molecular weight is 374 g/mol. The number of hydrogen-bond acceptors (Lipinski definition) is 4. The van der Waals surface area contributed by atoms with Crippen LogP contribution in [0.2, 0.25) is 0 Å². The zero-order chi connectivity index (χ0) is 19.3. The van der Waals surface area contributed by atoms with E-state index in [1.807, 2.05) is 6.07 Å². The first-order valence-electron chi connectivity index (χ1n) is 8.84. The molecule has 0 bridgehead atoms. The van der Waals surface area contributed by atoms with E-state index in [1.54, 1.807) is 71.9 Å². The van der Waals surface area contributed by atoms with Crippen molar-refractivity contribution < 1.29 is 14.3 Å². The van der Waals surface area contributed by atoms with Gasteiger partial charge in [-0.2, -0.15) is 0 Å². The summed E-state index contributed by atoms with van der Waals surface area (Å²) in [5.74, 6) is 1.00. The number of carbonyl (C=O) groups excluding carboxylic acids is 2. The Morgan fingerprint density at radius 1 is 1.07 bits per heavy atom. The summed E-state index contributed by atoms with van der Waals surface area (Å²) in [5, 5.41) is 5.62. The monoisotopic (exact) mass is 374 g/mol. The number of ether oxygens (including phenoxy) is 1. The Bertz CT molecular complexity index is 990. The fourth-order valence-corrected chi connectivity index (χ4v) is 2.89. The molecule has 1 aliphatic heterocycles. The van der Waals surface area contributed by atoms with Crippen LogP contribution < -0.4 is 20.3 Å². The predicted molar refractivity (Wildman–Crippen MR) is 106 cm³/mol. The van der Waals surface area contributed by atoms with Gasteiger partial charge in [0.05, 0.1) is 6.20 Å². The Kier molecular flexibility index (Phi) is 4.88. The van der Waals surface area contributed by atoms with Crippen LogP contribution in [0.1, 0.15) is 10.4 Å². The summed E-state index contributed by atoms with van der Waals surface area (Å²) >= 11 is 0. The molecule has 4 rings (SSSR count). The van der Waals surface area contributed by atoms with Gasteiger partial charge in [0.25, 0.3) is 5.91 Å². The summed E-state index contributed by atoms with van der Waals surface area (Å²) in [6.45, 7) is 1.22. The van der Waals surface area contributed by atoms with Crippen LogP contribution >= 0.6 is 0 Å². The van der Waals surface area contributed by atoms with Gasteiger partial charge in [-0.3, -0.25) is 14.7 Å². The van der Waals surface area contributed by atoms with Crippen molar-refractivity contribution in [2.45, 2.75) is 0 Å². The molecule has 1 fully saturated rings. The van der Waals surface area contributed by atoms with Crippen molar-refractivity contribution in [3.8, 4) is 11.5 Å². The minimum atomic E-state index is -0.240. The lowest BCUT2D eigenvalue weighted by Gasteiger charge is -2.15.